The van der Waals surface area contributed by atoms with E-state index in [2.05, 4.69) is 25.2 Å². The average molecular weight is 468 g/mol. The molecule has 1 aliphatic heterocycles. The van der Waals surface area contributed by atoms with Crippen molar-refractivity contribution in [3.63, 3.8) is 0 Å². The number of para-hydroxylation sites is 1. The van der Waals surface area contributed by atoms with Gasteiger partial charge in [0, 0.05) is 21.2 Å². The summed E-state index contributed by atoms with van der Waals surface area (Å²) in [4.78, 5) is 2.70. The van der Waals surface area contributed by atoms with Crippen LogP contribution in [0.25, 0.3) is 0 Å². The molecule has 0 saturated heterocycles. The summed E-state index contributed by atoms with van der Waals surface area (Å²) in [5, 5.41) is 13.5. The first-order valence-corrected chi connectivity index (χ1v) is 11.4. The molecule has 0 spiro atoms. The number of thioether (sulfide) groups is 1. The van der Waals surface area contributed by atoms with Gasteiger partial charge in [0.15, 0.2) is 5.11 Å². The molecule has 3 aromatic rings. The van der Waals surface area contributed by atoms with Crippen LogP contribution in [0.5, 0.6) is 0 Å². The van der Waals surface area contributed by atoms with Crippen molar-refractivity contribution in [2.75, 3.05) is 10.2 Å². The normalized spacial score (nSPS) is 15.0. The lowest BCUT2D eigenvalue weighted by atomic mass is 10.0. The molecule has 3 aromatic carbocycles. The second kappa shape index (κ2) is 8.88. The van der Waals surface area contributed by atoms with Crippen LogP contribution in [0.2, 0.25) is 5.02 Å². The highest BCUT2D eigenvalue weighted by Crippen LogP contribution is 2.53. The third-order valence-corrected chi connectivity index (χ3v) is 6.85. The SMILES string of the molecule is CC(C)c1cc(Cl)cc(NC(=S)N2c3c(C#N)cccc3SC2c2ccccc2F)c1. The molecule has 0 fully saturated rings. The molecule has 0 amide bonds. The molecular weight excluding hydrogens is 449 g/mol. The van der Waals surface area contributed by atoms with Crippen LogP contribution >= 0.6 is 35.6 Å². The zero-order valence-electron chi connectivity index (χ0n) is 16.9. The third kappa shape index (κ3) is 4.27. The maximum Gasteiger partial charge on any atom is 0.179 e. The van der Waals surface area contributed by atoms with Gasteiger partial charge >= 0.3 is 0 Å². The Morgan fingerprint density at radius 1 is 1.19 bits per heavy atom. The summed E-state index contributed by atoms with van der Waals surface area (Å²) in [6.45, 7) is 4.18. The number of anilines is 2. The van der Waals surface area contributed by atoms with Crippen LogP contribution in [0.3, 0.4) is 0 Å². The summed E-state index contributed by atoms with van der Waals surface area (Å²) in [5.41, 5.74) is 3.51. The number of hydrogen-bond donors (Lipinski definition) is 1. The van der Waals surface area contributed by atoms with Crippen molar-refractivity contribution in [3.8, 4) is 6.07 Å². The Morgan fingerprint density at radius 3 is 2.68 bits per heavy atom. The van der Waals surface area contributed by atoms with E-state index < -0.39 is 5.37 Å². The maximum atomic E-state index is 14.7. The highest BCUT2D eigenvalue weighted by atomic mass is 35.5. The van der Waals surface area contributed by atoms with Gasteiger partial charge in [0.05, 0.1) is 11.3 Å². The first-order valence-electron chi connectivity index (χ1n) is 9.74. The van der Waals surface area contributed by atoms with E-state index >= 15 is 0 Å². The molecule has 1 aliphatic rings. The first-order chi connectivity index (χ1) is 14.9. The molecule has 4 rings (SSSR count). The molecule has 7 heteroatoms. The molecule has 0 aromatic heterocycles. The summed E-state index contributed by atoms with van der Waals surface area (Å²) in [6.07, 6.45) is 0. The van der Waals surface area contributed by atoms with Crippen molar-refractivity contribution in [2.24, 2.45) is 0 Å². The van der Waals surface area contributed by atoms with Gasteiger partial charge in [-0.05, 0) is 60.1 Å². The summed E-state index contributed by atoms with van der Waals surface area (Å²) < 4.78 is 14.7. The average Bonchev–Trinajstić information content (AvgIpc) is 3.13. The molecule has 3 nitrogen and oxygen atoms in total. The van der Waals surface area contributed by atoms with E-state index in [1.165, 1.54) is 17.8 Å². The molecule has 0 bridgehead atoms. The second-order valence-corrected chi connectivity index (χ2v) is 9.43. The zero-order chi connectivity index (χ0) is 22.1. The smallest absolute Gasteiger partial charge is 0.179 e. The number of thiocarbonyl (C=S) groups is 1. The minimum absolute atomic E-state index is 0.298. The molecule has 1 heterocycles. The fourth-order valence-corrected chi connectivity index (χ4v) is 5.51. The van der Waals surface area contributed by atoms with Gasteiger partial charge in [-0.25, -0.2) is 4.39 Å². The quantitative estimate of drug-likeness (QED) is 0.404. The summed E-state index contributed by atoms with van der Waals surface area (Å²) in [6, 6.07) is 20.1. The number of fused-ring (bicyclic) bond motifs is 1. The van der Waals surface area contributed by atoms with Gasteiger partial charge in [-0.2, -0.15) is 5.26 Å². The van der Waals surface area contributed by atoms with E-state index in [1.54, 1.807) is 30.3 Å². The van der Waals surface area contributed by atoms with Crippen LogP contribution in [0.15, 0.2) is 65.6 Å². The molecule has 1 N–H and O–H groups in total. The second-order valence-electron chi connectivity index (χ2n) is 7.48. The van der Waals surface area contributed by atoms with Gasteiger partial charge in [0.1, 0.15) is 17.3 Å². The number of hydrogen-bond acceptors (Lipinski definition) is 3. The molecule has 0 aliphatic carbocycles. The van der Waals surface area contributed by atoms with Crippen molar-refractivity contribution in [1.29, 1.82) is 5.26 Å². The van der Waals surface area contributed by atoms with Crippen molar-refractivity contribution in [3.05, 3.63) is 88.2 Å². The number of nitrogens with one attached hydrogen (secondary N) is 1. The lowest BCUT2D eigenvalue weighted by Crippen LogP contribution is -2.35. The van der Waals surface area contributed by atoms with Gasteiger partial charge < -0.3 is 5.32 Å². The highest BCUT2D eigenvalue weighted by Gasteiger charge is 2.37. The van der Waals surface area contributed by atoms with E-state index in [0.29, 0.717) is 32.9 Å². The fraction of sp³-hybridized carbons (Fsp3) is 0.167. The Morgan fingerprint density at radius 2 is 1.97 bits per heavy atom. The molecule has 0 saturated carbocycles. The van der Waals surface area contributed by atoms with E-state index in [9.17, 15) is 9.65 Å². The molecule has 1 atom stereocenters. The van der Waals surface area contributed by atoms with Crippen LogP contribution in [0, 0.1) is 17.1 Å². The minimum Gasteiger partial charge on any atom is -0.332 e. The number of nitrogens with zero attached hydrogens (tertiary/aromatic N) is 2. The number of halogens is 2. The minimum atomic E-state index is -0.436. The van der Waals surface area contributed by atoms with Crippen LogP contribution in [-0.4, -0.2) is 5.11 Å². The Kier molecular flexibility index (Phi) is 6.19. The Labute approximate surface area is 195 Å². The summed E-state index contributed by atoms with van der Waals surface area (Å²) in [5.74, 6) is -0.0174. The van der Waals surface area contributed by atoms with Gasteiger partial charge in [-0.15, -0.1) is 0 Å². The van der Waals surface area contributed by atoms with Crippen LogP contribution < -0.4 is 10.2 Å². The van der Waals surface area contributed by atoms with Crippen LogP contribution in [0.4, 0.5) is 15.8 Å². The van der Waals surface area contributed by atoms with E-state index in [0.717, 1.165) is 16.1 Å². The highest BCUT2D eigenvalue weighted by molar-refractivity contribution is 8.00. The molecule has 156 valence electrons. The van der Waals surface area contributed by atoms with Crippen LogP contribution in [-0.2, 0) is 0 Å². The monoisotopic (exact) mass is 467 g/mol. The zero-order valence-corrected chi connectivity index (χ0v) is 19.3. The first kappa shape index (κ1) is 21.6. The molecule has 1 unspecified atom stereocenters. The van der Waals surface area contributed by atoms with Gasteiger partial charge in [-0.1, -0.05) is 61.5 Å². The van der Waals surface area contributed by atoms with Gasteiger partial charge in [0.2, 0.25) is 0 Å². The maximum absolute atomic E-state index is 14.7. The van der Waals surface area contributed by atoms with E-state index in [4.69, 9.17) is 23.8 Å². The Hall–Kier alpha value is -2.59. The van der Waals surface area contributed by atoms with Crippen molar-refractivity contribution in [1.82, 2.24) is 0 Å². The van der Waals surface area contributed by atoms with Crippen molar-refractivity contribution < 1.29 is 4.39 Å². The molecule has 31 heavy (non-hydrogen) atoms. The van der Waals surface area contributed by atoms with Crippen LogP contribution in [0.1, 0.15) is 41.8 Å². The van der Waals surface area contributed by atoms with E-state index in [-0.39, 0.29) is 5.82 Å². The van der Waals surface area contributed by atoms with E-state index in [1.807, 2.05) is 29.2 Å². The fourth-order valence-electron chi connectivity index (χ4n) is 3.53. The van der Waals surface area contributed by atoms with Gasteiger partial charge in [-0.3, -0.25) is 4.90 Å². The van der Waals surface area contributed by atoms with Crippen molar-refractivity contribution in [2.45, 2.75) is 30.0 Å². The Bertz CT molecular complexity index is 1210. The largest absolute Gasteiger partial charge is 0.332 e. The molecule has 0 radical (unpaired) electrons. The lowest BCUT2D eigenvalue weighted by molar-refractivity contribution is 0.609. The predicted octanol–water partition coefficient (Wildman–Crippen LogP) is 7.48. The lowest BCUT2D eigenvalue weighted by Gasteiger charge is -2.28. The number of rotatable bonds is 3. The molecular formula is C24H19ClFN3S2. The topological polar surface area (TPSA) is 39.1 Å². The van der Waals surface area contributed by atoms with Crippen molar-refractivity contribution >= 4 is 52.1 Å². The third-order valence-electron chi connectivity index (χ3n) is 5.06. The summed E-state index contributed by atoms with van der Waals surface area (Å²) in [7, 11) is 0. The number of nitriles is 1. The standard InChI is InChI=1S/C24H19ClFN3S2/c1-14(2)16-10-17(25)12-18(11-16)28-24(30)29-22-15(13-27)6-5-9-21(22)31-23(29)19-7-3-4-8-20(19)26/h3-12,14,23H,1-2H3,(H,28,30). The summed E-state index contributed by atoms with van der Waals surface area (Å²) >= 11 is 13.6. The predicted molar refractivity (Wildman–Crippen MR) is 130 cm³/mol. The Balaban J connectivity index is 1.77. The number of benzene rings is 3. The van der Waals surface area contributed by atoms with Gasteiger partial charge in [0.25, 0.3) is 0 Å².